The molecule has 0 unspecified atom stereocenters. The molecule has 0 radical (unpaired) electrons. The summed E-state index contributed by atoms with van der Waals surface area (Å²) in [4.78, 5) is 4.37. The third-order valence-corrected chi connectivity index (χ3v) is 2.94. The second-order valence-corrected chi connectivity index (χ2v) is 4.57. The van der Waals surface area contributed by atoms with Crippen molar-refractivity contribution < 1.29 is 4.52 Å². The van der Waals surface area contributed by atoms with Crippen molar-refractivity contribution in [2.75, 3.05) is 6.54 Å². The molecule has 0 amide bonds. The highest BCUT2D eigenvalue weighted by Crippen LogP contribution is 2.15. The molecular formula is C14H16N6O. The molecule has 0 aliphatic heterocycles. The summed E-state index contributed by atoms with van der Waals surface area (Å²) in [7, 11) is 0. The summed E-state index contributed by atoms with van der Waals surface area (Å²) in [6.07, 6.45) is 1.87. The van der Waals surface area contributed by atoms with E-state index in [2.05, 4.69) is 25.8 Å². The standard InChI is InChI=1S/C14H16N6O/c1-2-15-8-12-9-20(19-17-12)10-13-16-14(18-21-13)11-6-4-3-5-7-11/h3-7,9,15H,2,8,10H2,1H3. The van der Waals surface area contributed by atoms with Gasteiger partial charge in [0.05, 0.1) is 11.9 Å². The molecule has 7 heteroatoms. The lowest BCUT2D eigenvalue weighted by Gasteiger charge is -1.95. The first-order valence-corrected chi connectivity index (χ1v) is 6.83. The number of benzene rings is 1. The average molecular weight is 284 g/mol. The Bertz CT molecular complexity index is 690. The molecule has 2 heterocycles. The van der Waals surface area contributed by atoms with Crippen LogP contribution in [-0.2, 0) is 13.1 Å². The Labute approximate surface area is 122 Å². The molecule has 3 rings (SSSR count). The minimum absolute atomic E-state index is 0.416. The van der Waals surface area contributed by atoms with Gasteiger partial charge in [0.2, 0.25) is 11.7 Å². The largest absolute Gasteiger partial charge is 0.337 e. The van der Waals surface area contributed by atoms with Crippen molar-refractivity contribution in [2.24, 2.45) is 0 Å². The summed E-state index contributed by atoms with van der Waals surface area (Å²) in [5.74, 6) is 1.09. The lowest BCUT2D eigenvalue weighted by molar-refractivity contribution is 0.364. The van der Waals surface area contributed by atoms with Crippen molar-refractivity contribution in [3.05, 3.63) is 48.1 Å². The molecule has 0 fully saturated rings. The Morgan fingerprint density at radius 1 is 1.24 bits per heavy atom. The molecule has 2 aromatic heterocycles. The van der Waals surface area contributed by atoms with Crippen LogP contribution < -0.4 is 5.32 Å². The van der Waals surface area contributed by atoms with Crippen molar-refractivity contribution in [1.29, 1.82) is 0 Å². The van der Waals surface area contributed by atoms with Crippen LogP contribution in [0.25, 0.3) is 11.4 Å². The Morgan fingerprint density at radius 2 is 2.10 bits per heavy atom. The van der Waals surface area contributed by atoms with Crippen LogP contribution in [0, 0.1) is 0 Å². The van der Waals surface area contributed by atoms with E-state index in [0.29, 0.717) is 24.8 Å². The van der Waals surface area contributed by atoms with Crippen LogP contribution >= 0.6 is 0 Å². The van der Waals surface area contributed by atoms with Crippen molar-refractivity contribution in [2.45, 2.75) is 20.0 Å². The summed E-state index contributed by atoms with van der Waals surface area (Å²) in [5, 5.41) is 15.3. The Balaban J connectivity index is 1.68. The van der Waals surface area contributed by atoms with Crippen molar-refractivity contribution in [3.8, 4) is 11.4 Å². The van der Waals surface area contributed by atoms with E-state index in [0.717, 1.165) is 17.8 Å². The maximum absolute atomic E-state index is 5.25. The van der Waals surface area contributed by atoms with Crippen LogP contribution in [0.4, 0.5) is 0 Å². The highest BCUT2D eigenvalue weighted by molar-refractivity contribution is 5.53. The molecule has 0 spiro atoms. The van der Waals surface area contributed by atoms with Gasteiger partial charge in [-0.3, -0.25) is 0 Å². The van der Waals surface area contributed by atoms with Crippen molar-refractivity contribution in [3.63, 3.8) is 0 Å². The molecule has 0 aliphatic rings. The van der Waals surface area contributed by atoms with Gasteiger partial charge in [0.15, 0.2) is 0 Å². The quantitative estimate of drug-likeness (QED) is 0.738. The van der Waals surface area contributed by atoms with Crippen molar-refractivity contribution >= 4 is 0 Å². The molecule has 1 N–H and O–H groups in total. The van der Waals surface area contributed by atoms with E-state index in [4.69, 9.17) is 4.52 Å². The summed E-state index contributed by atoms with van der Waals surface area (Å²) in [6, 6.07) is 9.72. The fourth-order valence-electron chi connectivity index (χ4n) is 1.91. The van der Waals surface area contributed by atoms with E-state index in [1.807, 2.05) is 43.5 Å². The summed E-state index contributed by atoms with van der Waals surface area (Å²) in [6.45, 7) is 4.07. The van der Waals surface area contributed by atoms with E-state index >= 15 is 0 Å². The third kappa shape index (κ3) is 3.32. The molecule has 108 valence electrons. The predicted octanol–water partition coefficient (Wildman–Crippen LogP) is 1.49. The number of aromatic nitrogens is 5. The maximum atomic E-state index is 5.25. The van der Waals surface area contributed by atoms with Gasteiger partial charge >= 0.3 is 0 Å². The highest BCUT2D eigenvalue weighted by atomic mass is 16.5. The fraction of sp³-hybridized carbons (Fsp3) is 0.286. The first kappa shape index (κ1) is 13.4. The van der Waals surface area contributed by atoms with E-state index in [9.17, 15) is 0 Å². The van der Waals surface area contributed by atoms with Gasteiger partial charge in [0, 0.05) is 12.1 Å². The molecule has 0 saturated carbocycles. The molecular weight excluding hydrogens is 268 g/mol. The molecule has 0 saturated heterocycles. The number of rotatable bonds is 6. The summed E-state index contributed by atoms with van der Waals surface area (Å²) >= 11 is 0. The van der Waals surface area contributed by atoms with Gasteiger partial charge in [-0.25, -0.2) is 4.68 Å². The minimum Gasteiger partial charge on any atom is -0.337 e. The van der Waals surface area contributed by atoms with Crippen LogP contribution in [0.2, 0.25) is 0 Å². The zero-order valence-corrected chi connectivity index (χ0v) is 11.7. The fourth-order valence-corrected chi connectivity index (χ4v) is 1.91. The van der Waals surface area contributed by atoms with E-state index in [1.54, 1.807) is 4.68 Å². The van der Waals surface area contributed by atoms with Gasteiger partial charge in [0.25, 0.3) is 0 Å². The first-order chi connectivity index (χ1) is 10.3. The molecule has 0 aliphatic carbocycles. The third-order valence-electron chi connectivity index (χ3n) is 2.94. The SMILES string of the molecule is CCNCc1cn(Cc2nc(-c3ccccc3)no2)nn1. The number of nitrogens with one attached hydrogen (secondary N) is 1. The monoisotopic (exact) mass is 284 g/mol. The van der Waals surface area contributed by atoms with Gasteiger partial charge < -0.3 is 9.84 Å². The molecule has 21 heavy (non-hydrogen) atoms. The maximum Gasteiger partial charge on any atom is 0.248 e. The van der Waals surface area contributed by atoms with Crippen LogP contribution in [0.1, 0.15) is 18.5 Å². The van der Waals surface area contributed by atoms with E-state index in [-0.39, 0.29) is 0 Å². The zero-order valence-electron chi connectivity index (χ0n) is 11.7. The Kier molecular flexibility index (Phi) is 4.02. The Hall–Kier alpha value is -2.54. The topological polar surface area (TPSA) is 81.7 Å². The molecule has 0 bridgehead atoms. The Morgan fingerprint density at radius 3 is 2.90 bits per heavy atom. The number of hydrogen-bond donors (Lipinski definition) is 1. The molecule has 1 aromatic carbocycles. The zero-order chi connectivity index (χ0) is 14.5. The first-order valence-electron chi connectivity index (χ1n) is 6.83. The molecule has 7 nitrogen and oxygen atoms in total. The lowest BCUT2D eigenvalue weighted by atomic mass is 10.2. The van der Waals surface area contributed by atoms with Gasteiger partial charge in [-0.2, -0.15) is 4.98 Å². The predicted molar refractivity (Wildman–Crippen MR) is 76.2 cm³/mol. The van der Waals surface area contributed by atoms with Crippen LogP contribution in [-0.4, -0.2) is 31.7 Å². The average Bonchev–Trinajstić information content (AvgIpc) is 3.16. The summed E-state index contributed by atoms with van der Waals surface area (Å²) in [5.41, 5.74) is 1.82. The number of nitrogens with zero attached hydrogens (tertiary/aromatic N) is 5. The van der Waals surface area contributed by atoms with Crippen molar-refractivity contribution in [1.82, 2.24) is 30.5 Å². The van der Waals surface area contributed by atoms with E-state index in [1.165, 1.54) is 0 Å². The second kappa shape index (κ2) is 6.27. The smallest absolute Gasteiger partial charge is 0.248 e. The summed E-state index contributed by atoms with van der Waals surface area (Å²) < 4.78 is 6.94. The molecule has 0 atom stereocenters. The number of hydrogen-bond acceptors (Lipinski definition) is 6. The highest BCUT2D eigenvalue weighted by Gasteiger charge is 2.09. The molecule has 3 aromatic rings. The van der Waals surface area contributed by atoms with Gasteiger partial charge in [-0.05, 0) is 6.54 Å². The van der Waals surface area contributed by atoms with Gasteiger partial charge in [0.1, 0.15) is 6.54 Å². The minimum atomic E-state index is 0.416. The van der Waals surface area contributed by atoms with Gasteiger partial charge in [-0.15, -0.1) is 5.10 Å². The lowest BCUT2D eigenvalue weighted by Crippen LogP contribution is -2.11. The van der Waals surface area contributed by atoms with Crippen LogP contribution in [0.5, 0.6) is 0 Å². The van der Waals surface area contributed by atoms with Gasteiger partial charge in [-0.1, -0.05) is 47.6 Å². The van der Waals surface area contributed by atoms with Crippen LogP contribution in [0.3, 0.4) is 0 Å². The second-order valence-electron chi connectivity index (χ2n) is 4.57. The van der Waals surface area contributed by atoms with Crippen LogP contribution in [0.15, 0.2) is 41.1 Å². The normalized spacial score (nSPS) is 10.9. The van der Waals surface area contributed by atoms with E-state index < -0.39 is 0 Å².